The van der Waals surface area contributed by atoms with Gasteiger partial charge in [0.2, 0.25) is 0 Å². The highest BCUT2D eigenvalue weighted by atomic mass is 32.2. The Hall–Kier alpha value is -3.17. The number of ether oxygens (including phenoxy) is 1. The van der Waals surface area contributed by atoms with Crippen LogP contribution in [-0.2, 0) is 17.6 Å². The maximum Gasteiger partial charge on any atom is 0.414 e. The van der Waals surface area contributed by atoms with Crippen LogP contribution in [0.2, 0.25) is 0 Å². The molecule has 0 bridgehead atoms. The molecule has 0 aliphatic rings. The topological polar surface area (TPSA) is 115 Å². The Labute approximate surface area is 170 Å². The van der Waals surface area contributed by atoms with Gasteiger partial charge >= 0.3 is 11.7 Å². The van der Waals surface area contributed by atoms with Crippen molar-refractivity contribution in [3.8, 4) is 5.75 Å². The number of amides is 1. The molecule has 3 N–H and O–H groups in total. The molecule has 1 amide bonds. The zero-order valence-electron chi connectivity index (χ0n) is 16.2. The average Bonchev–Trinajstić information content (AvgIpc) is 2.64. The number of hydrogen-bond donors (Lipinski definition) is 2. The first-order valence-electron chi connectivity index (χ1n) is 8.72. The van der Waals surface area contributed by atoms with E-state index < -0.39 is 22.9 Å². The lowest BCUT2D eigenvalue weighted by Crippen LogP contribution is -2.25. The molecule has 0 saturated heterocycles. The fraction of sp³-hybridized carbons (Fsp3) is 0.200. The predicted octanol–water partition coefficient (Wildman–Crippen LogP) is 2.70. The van der Waals surface area contributed by atoms with E-state index in [1.807, 2.05) is 13.0 Å². The van der Waals surface area contributed by atoms with Gasteiger partial charge in [0.25, 0.3) is 0 Å². The highest BCUT2D eigenvalue weighted by Gasteiger charge is 2.14. The predicted molar refractivity (Wildman–Crippen MR) is 112 cm³/mol. The Morgan fingerprint density at radius 1 is 1.24 bits per heavy atom. The van der Waals surface area contributed by atoms with Crippen LogP contribution in [0.1, 0.15) is 16.7 Å². The maximum atomic E-state index is 12.6. The molecule has 29 heavy (non-hydrogen) atoms. The summed E-state index contributed by atoms with van der Waals surface area (Å²) in [5.74, 6) is 0.292. The molecule has 1 aromatic heterocycles. The second kappa shape index (κ2) is 8.46. The monoisotopic (exact) mass is 415 g/mol. The van der Waals surface area contributed by atoms with Gasteiger partial charge in [-0.15, -0.1) is 0 Å². The van der Waals surface area contributed by atoms with Crippen molar-refractivity contribution in [2.24, 2.45) is 5.14 Å². The van der Waals surface area contributed by atoms with E-state index in [0.29, 0.717) is 29.0 Å². The molecule has 1 atom stereocenters. The fourth-order valence-corrected chi connectivity index (χ4v) is 3.26. The standard InChI is InChI=1S/C20H21N3O5S/c1-12-16-8-7-15(27-20(25)23(2)3)11-18(16)28-19(24)17(12)10-13-5-4-6-14(9-13)22-29(21)26/h4-9,11,22H,10,21H2,1-3H3. The van der Waals surface area contributed by atoms with E-state index in [1.165, 1.54) is 11.0 Å². The number of nitrogens with one attached hydrogen (secondary N) is 1. The molecule has 1 heterocycles. The van der Waals surface area contributed by atoms with E-state index in [0.717, 1.165) is 16.5 Å². The smallest absolute Gasteiger partial charge is 0.414 e. The van der Waals surface area contributed by atoms with Crippen molar-refractivity contribution >= 4 is 33.9 Å². The minimum Gasteiger partial charge on any atom is -0.422 e. The van der Waals surface area contributed by atoms with E-state index >= 15 is 0 Å². The van der Waals surface area contributed by atoms with Gasteiger partial charge in [-0.25, -0.2) is 18.9 Å². The van der Waals surface area contributed by atoms with Crippen LogP contribution in [0.4, 0.5) is 10.5 Å². The lowest BCUT2D eigenvalue weighted by atomic mass is 9.99. The number of anilines is 1. The Morgan fingerprint density at radius 2 is 2.00 bits per heavy atom. The first-order valence-corrected chi connectivity index (χ1v) is 9.93. The third-order valence-electron chi connectivity index (χ3n) is 4.36. The summed E-state index contributed by atoms with van der Waals surface area (Å²) in [6, 6.07) is 12.1. The lowest BCUT2D eigenvalue weighted by Gasteiger charge is -2.12. The van der Waals surface area contributed by atoms with Crippen molar-refractivity contribution in [1.82, 2.24) is 4.90 Å². The van der Waals surface area contributed by atoms with Crippen molar-refractivity contribution in [3.63, 3.8) is 0 Å². The Bertz CT molecular complexity index is 1160. The zero-order valence-corrected chi connectivity index (χ0v) is 17.0. The van der Waals surface area contributed by atoms with E-state index in [2.05, 4.69) is 4.72 Å². The molecule has 8 nitrogen and oxygen atoms in total. The molecule has 0 radical (unpaired) electrons. The van der Waals surface area contributed by atoms with Crippen molar-refractivity contribution in [2.75, 3.05) is 18.8 Å². The normalized spacial score (nSPS) is 11.9. The SMILES string of the molecule is Cc1c(Cc2cccc(NS(N)=O)c2)c(=O)oc2cc(OC(=O)N(C)C)ccc12. The molecule has 0 aliphatic heterocycles. The molecule has 3 rings (SSSR count). The number of hydrogen-bond acceptors (Lipinski definition) is 5. The van der Waals surface area contributed by atoms with Crippen LogP contribution >= 0.6 is 0 Å². The van der Waals surface area contributed by atoms with E-state index in [4.69, 9.17) is 14.3 Å². The van der Waals surface area contributed by atoms with Gasteiger partial charge in [-0.2, -0.15) is 0 Å². The zero-order chi connectivity index (χ0) is 21.1. The molecular weight excluding hydrogens is 394 g/mol. The van der Waals surface area contributed by atoms with Crippen LogP contribution in [0.15, 0.2) is 51.7 Å². The summed E-state index contributed by atoms with van der Waals surface area (Å²) >= 11 is -1.68. The molecule has 0 spiro atoms. The number of carbonyl (C=O) groups is 1. The lowest BCUT2D eigenvalue weighted by molar-refractivity contribution is 0.172. The Balaban J connectivity index is 1.95. The molecule has 152 valence electrons. The molecule has 0 saturated carbocycles. The first-order chi connectivity index (χ1) is 13.7. The largest absolute Gasteiger partial charge is 0.422 e. The molecule has 9 heteroatoms. The number of fused-ring (bicyclic) bond motifs is 1. The minimum absolute atomic E-state index is 0.292. The molecular formula is C20H21N3O5S. The van der Waals surface area contributed by atoms with E-state index in [9.17, 15) is 13.8 Å². The quantitative estimate of drug-likeness (QED) is 0.622. The van der Waals surface area contributed by atoms with Gasteiger partial charge in [-0.1, -0.05) is 12.1 Å². The highest BCUT2D eigenvalue weighted by Crippen LogP contribution is 2.26. The summed E-state index contributed by atoms with van der Waals surface area (Å²) in [4.78, 5) is 25.6. The van der Waals surface area contributed by atoms with Crippen LogP contribution in [-0.4, -0.2) is 29.3 Å². The van der Waals surface area contributed by atoms with Gasteiger partial charge < -0.3 is 14.1 Å². The maximum absolute atomic E-state index is 12.6. The van der Waals surface area contributed by atoms with Crippen molar-refractivity contribution < 1.29 is 18.2 Å². The van der Waals surface area contributed by atoms with Gasteiger partial charge in [0.05, 0.1) is 0 Å². The van der Waals surface area contributed by atoms with Crippen molar-refractivity contribution in [3.05, 3.63) is 69.6 Å². The summed E-state index contributed by atoms with van der Waals surface area (Å²) in [6.45, 7) is 1.84. The van der Waals surface area contributed by atoms with Crippen LogP contribution < -0.4 is 20.2 Å². The summed E-state index contributed by atoms with van der Waals surface area (Å²) < 4.78 is 24.5. The fourth-order valence-electron chi connectivity index (χ4n) is 2.90. The second-order valence-corrected chi connectivity index (χ2v) is 7.49. The first kappa shape index (κ1) is 20.6. The van der Waals surface area contributed by atoms with Crippen molar-refractivity contribution in [1.29, 1.82) is 0 Å². The molecule has 0 fully saturated rings. The second-order valence-electron chi connectivity index (χ2n) is 6.69. The summed E-state index contributed by atoms with van der Waals surface area (Å²) in [6.07, 6.45) is -0.180. The number of nitrogens with zero attached hydrogens (tertiary/aromatic N) is 1. The summed E-state index contributed by atoms with van der Waals surface area (Å²) in [7, 11) is 3.16. The third-order valence-corrected chi connectivity index (χ3v) is 4.79. The number of benzene rings is 2. The van der Waals surface area contributed by atoms with Gasteiger partial charge in [0, 0.05) is 43.2 Å². The number of carbonyl (C=O) groups excluding carboxylic acids is 1. The molecule has 3 aromatic rings. The van der Waals surface area contributed by atoms with Crippen LogP contribution in [0.3, 0.4) is 0 Å². The Morgan fingerprint density at radius 3 is 2.69 bits per heavy atom. The molecule has 1 unspecified atom stereocenters. The van der Waals surface area contributed by atoms with Crippen LogP contribution in [0.5, 0.6) is 5.75 Å². The minimum atomic E-state index is -1.68. The highest BCUT2D eigenvalue weighted by molar-refractivity contribution is 7.84. The Kier molecular flexibility index (Phi) is 6.00. The van der Waals surface area contributed by atoms with Crippen molar-refractivity contribution in [2.45, 2.75) is 13.3 Å². The van der Waals surface area contributed by atoms with Gasteiger partial charge in [0.1, 0.15) is 11.3 Å². The average molecular weight is 415 g/mol. The van der Waals surface area contributed by atoms with Gasteiger partial charge in [-0.3, -0.25) is 4.72 Å². The number of rotatable bonds is 5. The van der Waals surface area contributed by atoms with E-state index in [-0.39, 0.29) is 0 Å². The summed E-state index contributed by atoms with van der Waals surface area (Å²) in [5.41, 5.74) is 2.61. The number of nitrogens with two attached hydrogens (primary N) is 1. The van der Waals surface area contributed by atoms with E-state index in [1.54, 1.807) is 44.4 Å². The number of aryl methyl sites for hydroxylation is 1. The van der Waals surface area contributed by atoms with Gasteiger partial charge in [0.15, 0.2) is 11.2 Å². The van der Waals surface area contributed by atoms with Crippen LogP contribution in [0, 0.1) is 6.92 Å². The van der Waals surface area contributed by atoms with Gasteiger partial charge in [-0.05, 0) is 42.3 Å². The molecule has 2 aromatic carbocycles. The third kappa shape index (κ3) is 4.82. The molecule has 0 aliphatic carbocycles. The summed E-state index contributed by atoms with van der Waals surface area (Å²) in [5, 5.41) is 6.01. The van der Waals surface area contributed by atoms with Crippen LogP contribution in [0.25, 0.3) is 11.0 Å².